The molecule has 43 heavy (non-hydrogen) atoms. The average molecular weight is 621 g/mol. The van der Waals surface area contributed by atoms with E-state index in [0.29, 0.717) is 0 Å². The molecule has 0 aliphatic rings. The Morgan fingerprint density at radius 1 is 0.419 bits per heavy atom. The van der Waals surface area contributed by atoms with Gasteiger partial charge in [-0.3, -0.25) is 0 Å². The second kappa shape index (κ2) is 14.9. The van der Waals surface area contributed by atoms with E-state index in [4.69, 9.17) is 0 Å². The van der Waals surface area contributed by atoms with Gasteiger partial charge in [0, 0.05) is 20.4 Å². The van der Waals surface area contributed by atoms with Gasteiger partial charge < -0.3 is 0 Å². The molecular weight excluding hydrogens is 574 g/mol. The van der Waals surface area contributed by atoms with Crippen LogP contribution in [0, 0.1) is 27.7 Å². The lowest BCUT2D eigenvalue weighted by Gasteiger charge is -2.27. The first kappa shape index (κ1) is 31.9. The number of hydrogen-bond donors (Lipinski definition) is 0. The van der Waals surface area contributed by atoms with E-state index < -0.39 is 15.8 Å². The van der Waals surface area contributed by atoms with Crippen LogP contribution in [0.25, 0.3) is 0 Å². The number of unbranched alkanes of at least 4 members (excludes halogenated alkanes) is 2. The Labute approximate surface area is 267 Å². The highest BCUT2D eigenvalue weighted by atomic mass is 32.1. The molecule has 0 amide bonds. The number of rotatable bonds is 12. The van der Waals surface area contributed by atoms with E-state index >= 15 is 0 Å². The minimum Gasteiger partial charge on any atom is -0.144 e. The summed E-state index contributed by atoms with van der Waals surface area (Å²) in [5.41, 5.74) is 5.29. The fraction of sp³-hybridized carbons (Fsp3) is 0.300. The lowest BCUT2D eigenvalue weighted by Crippen LogP contribution is -2.35. The highest BCUT2D eigenvalue weighted by Gasteiger charge is 2.32. The molecule has 5 aromatic rings. The van der Waals surface area contributed by atoms with Crippen LogP contribution in [0.1, 0.15) is 71.5 Å². The molecular formula is C40H46P2S. The summed E-state index contributed by atoms with van der Waals surface area (Å²) < 4.78 is 0. The van der Waals surface area contributed by atoms with E-state index in [2.05, 4.69) is 150 Å². The fourth-order valence-corrected chi connectivity index (χ4v) is 13.2. The van der Waals surface area contributed by atoms with Gasteiger partial charge in [0.1, 0.15) is 0 Å². The standard InChI is InChI=1S/C40H46P2S/c1-7-9-11-37-39(41(33-21-13-29(3)14-22-33)34-23-15-30(4)16-24-34)40(38(43-37)12-10-8-2)42(35-25-17-31(5)18-26-35)36-27-19-32(6)20-28-36/h13-28H,7-12H2,1-6H3. The molecule has 0 N–H and O–H groups in total. The normalized spacial score (nSPS) is 11.5. The second-order valence-corrected chi connectivity index (χ2v) is 17.4. The van der Waals surface area contributed by atoms with Crippen molar-refractivity contribution < 1.29 is 0 Å². The molecule has 0 radical (unpaired) electrons. The Balaban J connectivity index is 1.86. The van der Waals surface area contributed by atoms with E-state index in [-0.39, 0.29) is 0 Å². The predicted molar refractivity (Wildman–Crippen MR) is 198 cm³/mol. The quantitative estimate of drug-likeness (QED) is 0.122. The molecule has 1 heterocycles. The van der Waals surface area contributed by atoms with E-state index in [1.54, 1.807) is 20.4 Å². The van der Waals surface area contributed by atoms with Gasteiger partial charge in [0.25, 0.3) is 0 Å². The van der Waals surface area contributed by atoms with Crippen LogP contribution in [0.3, 0.4) is 0 Å². The van der Waals surface area contributed by atoms with Crippen LogP contribution in [0.4, 0.5) is 0 Å². The van der Waals surface area contributed by atoms with Crippen molar-refractivity contribution >= 4 is 59.0 Å². The first-order chi connectivity index (χ1) is 20.9. The maximum absolute atomic E-state index is 2.41. The van der Waals surface area contributed by atoms with Crippen molar-refractivity contribution in [2.75, 3.05) is 0 Å². The molecule has 4 aromatic carbocycles. The first-order valence-electron chi connectivity index (χ1n) is 15.9. The van der Waals surface area contributed by atoms with Crippen LogP contribution < -0.4 is 31.8 Å². The Bertz CT molecular complexity index is 1380. The Kier molecular flexibility index (Phi) is 11.1. The summed E-state index contributed by atoms with van der Waals surface area (Å²) in [5.74, 6) is 0. The highest BCUT2D eigenvalue weighted by molar-refractivity contribution is 7.86. The Hall–Kier alpha value is -2.56. The number of hydrogen-bond acceptors (Lipinski definition) is 1. The van der Waals surface area contributed by atoms with Crippen molar-refractivity contribution in [2.45, 2.75) is 80.1 Å². The molecule has 0 bridgehead atoms. The van der Waals surface area contributed by atoms with Crippen LogP contribution in [0.15, 0.2) is 97.1 Å². The molecule has 0 fully saturated rings. The maximum Gasteiger partial charge on any atom is 0.0138 e. The summed E-state index contributed by atoms with van der Waals surface area (Å²) in [6.45, 7) is 13.5. The molecule has 5 rings (SSSR count). The van der Waals surface area contributed by atoms with E-state index in [9.17, 15) is 0 Å². The van der Waals surface area contributed by atoms with Crippen LogP contribution in [-0.2, 0) is 12.8 Å². The largest absolute Gasteiger partial charge is 0.144 e. The monoisotopic (exact) mass is 620 g/mol. The third-order valence-electron chi connectivity index (χ3n) is 8.13. The van der Waals surface area contributed by atoms with Crippen LogP contribution in [0.5, 0.6) is 0 Å². The summed E-state index contributed by atoms with van der Waals surface area (Å²) in [7, 11) is -1.44. The lowest BCUT2D eigenvalue weighted by atomic mass is 10.2. The van der Waals surface area contributed by atoms with Crippen LogP contribution >= 0.6 is 27.2 Å². The zero-order valence-corrected chi connectivity index (χ0v) is 29.4. The molecule has 0 aliphatic heterocycles. The highest BCUT2D eigenvalue weighted by Crippen LogP contribution is 2.44. The summed E-state index contributed by atoms with van der Waals surface area (Å²) in [6.07, 6.45) is 7.23. The van der Waals surface area contributed by atoms with Crippen LogP contribution in [-0.4, -0.2) is 0 Å². The molecule has 0 atom stereocenters. The second-order valence-electron chi connectivity index (χ2n) is 11.9. The molecule has 0 nitrogen and oxygen atoms in total. The van der Waals surface area contributed by atoms with Gasteiger partial charge in [-0.05, 0) is 90.4 Å². The summed E-state index contributed by atoms with van der Waals surface area (Å²) in [5, 5.41) is 9.16. The van der Waals surface area contributed by atoms with Gasteiger partial charge in [0.05, 0.1) is 0 Å². The van der Waals surface area contributed by atoms with Crippen molar-refractivity contribution in [2.24, 2.45) is 0 Å². The SMILES string of the molecule is CCCCc1sc(CCCC)c(P(c2ccc(C)cc2)c2ccc(C)cc2)c1P(c1ccc(C)cc1)c1ccc(C)cc1. The van der Waals surface area contributed by atoms with E-state index in [1.807, 2.05) is 0 Å². The smallest absolute Gasteiger partial charge is 0.0138 e. The van der Waals surface area contributed by atoms with Gasteiger partial charge in [0.2, 0.25) is 0 Å². The summed E-state index contributed by atoms with van der Waals surface area (Å²) in [6, 6.07) is 37.8. The lowest BCUT2D eigenvalue weighted by molar-refractivity contribution is 0.804. The van der Waals surface area contributed by atoms with Crippen molar-refractivity contribution in [3.05, 3.63) is 129 Å². The molecule has 3 heteroatoms. The Morgan fingerprint density at radius 2 is 0.674 bits per heavy atom. The van der Waals surface area contributed by atoms with Gasteiger partial charge >= 0.3 is 0 Å². The van der Waals surface area contributed by atoms with Gasteiger partial charge in [-0.1, -0.05) is 146 Å². The average Bonchev–Trinajstić information content (AvgIpc) is 3.36. The molecule has 0 unspecified atom stereocenters. The summed E-state index contributed by atoms with van der Waals surface area (Å²) >= 11 is 2.15. The van der Waals surface area contributed by atoms with Gasteiger partial charge in [-0.25, -0.2) is 0 Å². The minimum absolute atomic E-state index is 0.722. The van der Waals surface area contributed by atoms with Gasteiger partial charge in [-0.15, -0.1) is 11.3 Å². The molecule has 0 spiro atoms. The topological polar surface area (TPSA) is 0 Å². The zero-order valence-electron chi connectivity index (χ0n) is 26.8. The number of aryl methyl sites for hydroxylation is 6. The van der Waals surface area contributed by atoms with Crippen LogP contribution in [0.2, 0.25) is 0 Å². The van der Waals surface area contributed by atoms with E-state index in [1.165, 1.54) is 69.2 Å². The van der Waals surface area contributed by atoms with Crippen molar-refractivity contribution in [1.29, 1.82) is 0 Å². The molecule has 0 saturated heterocycles. The minimum atomic E-state index is -0.722. The molecule has 0 saturated carbocycles. The predicted octanol–water partition coefficient (Wildman–Crippen LogP) is 9.18. The van der Waals surface area contributed by atoms with Crippen molar-refractivity contribution in [1.82, 2.24) is 0 Å². The van der Waals surface area contributed by atoms with Gasteiger partial charge in [-0.2, -0.15) is 0 Å². The fourth-order valence-electron chi connectivity index (χ4n) is 5.57. The summed E-state index contributed by atoms with van der Waals surface area (Å²) in [4.78, 5) is 3.25. The zero-order chi connectivity index (χ0) is 30.3. The molecule has 0 aliphatic carbocycles. The first-order valence-corrected chi connectivity index (χ1v) is 19.4. The maximum atomic E-state index is 2.41. The number of benzene rings is 4. The van der Waals surface area contributed by atoms with Crippen molar-refractivity contribution in [3.8, 4) is 0 Å². The third kappa shape index (κ3) is 7.57. The van der Waals surface area contributed by atoms with Crippen molar-refractivity contribution in [3.63, 3.8) is 0 Å². The Morgan fingerprint density at radius 3 is 0.907 bits per heavy atom. The molecule has 222 valence electrons. The number of thiophene rings is 1. The van der Waals surface area contributed by atoms with Gasteiger partial charge in [0.15, 0.2) is 0 Å². The molecule has 1 aromatic heterocycles. The third-order valence-corrected chi connectivity index (χ3v) is 15.1. The van der Waals surface area contributed by atoms with E-state index in [0.717, 1.165) is 12.8 Å².